The molecule has 3 rings (SSSR count). The first kappa shape index (κ1) is 20.2. The van der Waals surface area contributed by atoms with Crippen molar-refractivity contribution in [2.45, 2.75) is 26.5 Å². The van der Waals surface area contributed by atoms with Gasteiger partial charge in [0, 0.05) is 29.4 Å². The maximum Gasteiger partial charge on any atom is 0.213 e. The van der Waals surface area contributed by atoms with Crippen molar-refractivity contribution in [2.24, 2.45) is 0 Å². The number of benzene rings is 2. The minimum Gasteiger partial charge on any atom is -0.489 e. The molecule has 0 aliphatic carbocycles. The molecular formula is C23H25ClN2O2. The molecule has 0 spiro atoms. The Morgan fingerprint density at radius 1 is 1.00 bits per heavy atom. The Hall–Kier alpha value is -2.56. The molecule has 0 atom stereocenters. The van der Waals surface area contributed by atoms with Crippen molar-refractivity contribution in [3.05, 3.63) is 88.6 Å². The third kappa shape index (κ3) is 6.55. The number of aryl methyl sites for hydroxylation is 1. The summed E-state index contributed by atoms with van der Waals surface area (Å²) in [7, 11) is 0. The van der Waals surface area contributed by atoms with Gasteiger partial charge in [0.15, 0.2) is 0 Å². The van der Waals surface area contributed by atoms with Gasteiger partial charge in [-0.1, -0.05) is 47.5 Å². The van der Waals surface area contributed by atoms with Crippen LogP contribution in [0.4, 0.5) is 0 Å². The highest BCUT2D eigenvalue weighted by Gasteiger charge is 2.06. The van der Waals surface area contributed by atoms with Crippen molar-refractivity contribution in [1.82, 2.24) is 10.3 Å². The first-order valence-electron chi connectivity index (χ1n) is 9.42. The SMILES string of the molecule is Cc1cccc(COc2ccc(Cl)cc2CNCCCOc2ccccn2)c1. The van der Waals surface area contributed by atoms with E-state index in [0.29, 0.717) is 30.7 Å². The fourth-order valence-corrected chi connectivity index (χ4v) is 3.01. The van der Waals surface area contributed by atoms with Crippen molar-refractivity contribution in [2.75, 3.05) is 13.2 Å². The van der Waals surface area contributed by atoms with Gasteiger partial charge in [0.25, 0.3) is 0 Å². The highest BCUT2D eigenvalue weighted by Crippen LogP contribution is 2.24. The number of nitrogens with zero attached hydrogens (tertiary/aromatic N) is 1. The molecule has 0 aliphatic rings. The smallest absolute Gasteiger partial charge is 0.213 e. The van der Waals surface area contributed by atoms with Crippen LogP contribution in [0.15, 0.2) is 66.9 Å². The minimum absolute atomic E-state index is 0.536. The van der Waals surface area contributed by atoms with Crippen molar-refractivity contribution >= 4 is 11.6 Å². The van der Waals surface area contributed by atoms with Crippen LogP contribution < -0.4 is 14.8 Å². The number of hydrogen-bond acceptors (Lipinski definition) is 4. The number of aromatic nitrogens is 1. The van der Waals surface area contributed by atoms with Gasteiger partial charge in [-0.15, -0.1) is 0 Å². The Bertz CT molecular complexity index is 871. The Balaban J connectivity index is 1.45. The molecule has 1 N–H and O–H groups in total. The summed E-state index contributed by atoms with van der Waals surface area (Å²) in [5, 5.41) is 4.13. The third-order valence-electron chi connectivity index (χ3n) is 4.20. The van der Waals surface area contributed by atoms with E-state index in [9.17, 15) is 0 Å². The lowest BCUT2D eigenvalue weighted by molar-refractivity contribution is 0.294. The van der Waals surface area contributed by atoms with Crippen LogP contribution in [-0.2, 0) is 13.2 Å². The molecule has 3 aromatic rings. The number of nitrogens with one attached hydrogen (secondary N) is 1. The second-order valence-corrected chi connectivity index (χ2v) is 7.01. The quantitative estimate of drug-likeness (QED) is 0.479. The highest BCUT2D eigenvalue weighted by molar-refractivity contribution is 6.30. The van der Waals surface area contributed by atoms with E-state index in [-0.39, 0.29) is 0 Å². The predicted octanol–water partition coefficient (Wildman–Crippen LogP) is 5.18. The van der Waals surface area contributed by atoms with Gasteiger partial charge >= 0.3 is 0 Å². The van der Waals surface area contributed by atoms with Gasteiger partial charge in [-0.05, 0) is 49.7 Å². The van der Waals surface area contributed by atoms with Gasteiger partial charge in [-0.3, -0.25) is 0 Å². The molecule has 0 aliphatic heterocycles. The molecule has 5 heteroatoms. The molecule has 0 saturated heterocycles. The van der Waals surface area contributed by atoms with Crippen LogP contribution in [0, 0.1) is 6.92 Å². The van der Waals surface area contributed by atoms with E-state index in [1.54, 1.807) is 6.20 Å². The molecule has 4 nitrogen and oxygen atoms in total. The number of halogens is 1. The molecule has 0 unspecified atom stereocenters. The summed E-state index contributed by atoms with van der Waals surface area (Å²) in [6, 6.07) is 19.7. The lowest BCUT2D eigenvalue weighted by atomic mass is 10.1. The molecule has 28 heavy (non-hydrogen) atoms. The lowest BCUT2D eigenvalue weighted by Gasteiger charge is -2.13. The largest absolute Gasteiger partial charge is 0.489 e. The summed E-state index contributed by atoms with van der Waals surface area (Å²) in [6.07, 6.45) is 2.61. The number of pyridine rings is 1. The van der Waals surface area contributed by atoms with Crippen LogP contribution in [-0.4, -0.2) is 18.1 Å². The van der Waals surface area contributed by atoms with Crippen LogP contribution in [0.25, 0.3) is 0 Å². The normalized spacial score (nSPS) is 10.6. The Labute approximate surface area is 171 Å². The second kappa shape index (κ2) is 10.7. The molecule has 0 amide bonds. The zero-order valence-electron chi connectivity index (χ0n) is 16.0. The summed E-state index contributed by atoms with van der Waals surface area (Å²) in [5.41, 5.74) is 3.43. The fraction of sp³-hybridized carbons (Fsp3) is 0.261. The van der Waals surface area contributed by atoms with E-state index >= 15 is 0 Å². The lowest BCUT2D eigenvalue weighted by Crippen LogP contribution is -2.17. The van der Waals surface area contributed by atoms with E-state index in [0.717, 1.165) is 29.8 Å². The first-order valence-corrected chi connectivity index (χ1v) is 9.80. The van der Waals surface area contributed by atoms with E-state index in [1.807, 2.05) is 42.5 Å². The van der Waals surface area contributed by atoms with Crippen LogP contribution in [0.5, 0.6) is 11.6 Å². The Kier molecular flexibility index (Phi) is 7.71. The molecule has 2 aromatic carbocycles. The third-order valence-corrected chi connectivity index (χ3v) is 4.44. The molecule has 0 fully saturated rings. The summed E-state index contributed by atoms with van der Waals surface area (Å²) >= 11 is 6.17. The van der Waals surface area contributed by atoms with Gasteiger partial charge in [0.05, 0.1) is 6.61 Å². The van der Waals surface area contributed by atoms with Crippen LogP contribution in [0.3, 0.4) is 0 Å². The van der Waals surface area contributed by atoms with E-state index in [2.05, 4.69) is 35.4 Å². The van der Waals surface area contributed by atoms with E-state index < -0.39 is 0 Å². The molecule has 1 heterocycles. The Morgan fingerprint density at radius 3 is 2.75 bits per heavy atom. The molecule has 0 saturated carbocycles. The summed E-state index contributed by atoms with van der Waals surface area (Å²) in [4.78, 5) is 4.14. The summed E-state index contributed by atoms with van der Waals surface area (Å²) in [6.45, 7) is 4.76. The van der Waals surface area contributed by atoms with Gasteiger partial charge in [-0.25, -0.2) is 4.98 Å². The molecule has 0 radical (unpaired) electrons. The highest BCUT2D eigenvalue weighted by atomic mass is 35.5. The zero-order chi connectivity index (χ0) is 19.6. The average Bonchev–Trinajstić information content (AvgIpc) is 2.71. The molecule has 146 valence electrons. The average molecular weight is 397 g/mol. The van der Waals surface area contributed by atoms with Gasteiger partial charge < -0.3 is 14.8 Å². The number of ether oxygens (including phenoxy) is 2. The van der Waals surface area contributed by atoms with Crippen LogP contribution in [0.2, 0.25) is 5.02 Å². The summed E-state index contributed by atoms with van der Waals surface area (Å²) in [5.74, 6) is 1.51. The van der Waals surface area contributed by atoms with Crippen molar-refractivity contribution < 1.29 is 9.47 Å². The van der Waals surface area contributed by atoms with Gasteiger partial charge in [0.2, 0.25) is 5.88 Å². The topological polar surface area (TPSA) is 43.4 Å². The van der Waals surface area contributed by atoms with Crippen molar-refractivity contribution in [3.63, 3.8) is 0 Å². The zero-order valence-corrected chi connectivity index (χ0v) is 16.8. The first-order chi connectivity index (χ1) is 13.7. The van der Waals surface area contributed by atoms with E-state index in [1.165, 1.54) is 5.56 Å². The maximum atomic E-state index is 6.17. The predicted molar refractivity (Wildman–Crippen MR) is 113 cm³/mol. The molecule has 1 aromatic heterocycles. The van der Waals surface area contributed by atoms with E-state index in [4.69, 9.17) is 21.1 Å². The van der Waals surface area contributed by atoms with Gasteiger partial charge in [-0.2, -0.15) is 0 Å². The van der Waals surface area contributed by atoms with Gasteiger partial charge in [0.1, 0.15) is 12.4 Å². The number of hydrogen-bond donors (Lipinski definition) is 1. The molecular weight excluding hydrogens is 372 g/mol. The van der Waals surface area contributed by atoms with Crippen molar-refractivity contribution in [3.8, 4) is 11.6 Å². The maximum absolute atomic E-state index is 6.17. The van der Waals surface area contributed by atoms with Crippen molar-refractivity contribution in [1.29, 1.82) is 0 Å². The summed E-state index contributed by atoms with van der Waals surface area (Å²) < 4.78 is 11.6. The van der Waals surface area contributed by atoms with Crippen LogP contribution in [0.1, 0.15) is 23.1 Å². The Morgan fingerprint density at radius 2 is 1.93 bits per heavy atom. The standard InChI is InChI=1S/C23H25ClN2O2/c1-18-6-4-7-19(14-18)17-28-22-10-9-21(24)15-20(22)16-25-11-5-13-27-23-8-2-3-12-26-23/h2-4,6-10,12,14-15,25H,5,11,13,16-17H2,1H3. The minimum atomic E-state index is 0.536. The number of rotatable bonds is 10. The van der Waals surface area contributed by atoms with Crippen LogP contribution >= 0.6 is 11.6 Å². The monoisotopic (exact) mass is 396 g/mol. The second-order valence-electron chi connectivity index (χ2n) is 6.58. The fourth-order valence-electron chi connectivity index (χ4n) is 2.82. The molecule has 0 bridgehead atoms.